The predicted octanol–water partition coefficient (Wildman–Crippen LogP) is 4.01. The third kappa shape index (κ3) is 1.67. The Labute approximate surface area is 126 Å². The number of aromatic nitrogens is 1. The van der Waals surface area contributed by atoms with E-state index in [1.807, 2.05) is 30.3 Å². The largest absolute Gasteiger partial charge is 0.275 e. The highest BCUT2D eigenvalue weighted by Crippen LogP contribution is 2.38. The zero-order valence-corrected chi connectivity index (χ0v) is 11.6. The fraction of sp³-hybridized carbons (Fsp3) is 0. The summed E-state index contributed by atoms with van der Waals surface area (Å²) in [6, 6.07) is 13.5. The molecule has 3 nitrogen and oxygen atoms in total. The minimum absolute atomic E-state index is 0.210. The molecule has 2 heterocycles. The molecule has 1 aliphatic heterocycles. The number of halogens is 1. The van der Waals surface area contributed by atoms with Crippen molar-refractivity contribution in [2.24, 2.45) is 0 Å². The number of carbonyl (C=O) groups is 1. The summed E-state index contributed by atoms with van der Waals surface area (Å²) in [6.45, 7) is 3.96. The van der Waals surface area contributed by atoms with Gasteiger partial charge in [0, 0.05) is 22.7 Å². The first kappa shape index (κ1) is 12.7. The van der Waals surface area contributed by atoms with E-state index in [0.717, 1.165) is 5.39 Å². The molecule has 2 aromatic carbocycles. The lowest BCUT2D eigenvalue weighted by atomic mass is 10.1. The minimum atomic E-state index is -0.384. The van der Waals surface area contributed by atoms with Crippen LogP contribution in [-0.2, 0) is 0 Å². The number of benzene rings is 2. The van der Waals surface area contributed by atoms with E-state index in [1.54, 1.807) is 6.20 Å². The van der Waals surface area contributed by atoms with Crippen LogP contribution in [0.15, 0.2) is 61.3 Å². The van der Waals surface area contributed by atoms with Crippen molar-refractivity contribution in [2.45, 2.75) is 0 Å². The van der Waals surface area contributed by atoms with Crippen LogP contribution in [0.3, 0.4) is 0 Å². The Kier molecular flexibility index (Phi) is 2.60. The van der Waals surface area contributed by atoms with E-state index >= 15 is 0 Å². The lowest BCUT2D eigenvalue weighted by Gasteiger charge is -2.18. The average Bonchev–Trinajstić information content (AvgIpc) is 2.78. The molecule has 1 amide bonds. The SMILES string of the molecule is C=C1c2cc(F)ccc2C(=O)N1c1cccc2cccnc12. The number of rotatable bonds is 1. The van der Waals surface area contributed by atoms with Crippen molar-refractivity contribution < 1.29 is 9.18 Å². The fourth-order valence-corrected chi connectivity index (χ4v) is 2.83. The van der Waals surface area contributed by atoms with Crippen LogP contribution in [0.5, 0.6) is 0 Å². The molecule has 0 atom stereocenters. The molecule has 0 saturated carbocycles. The molecule has 4 heteroatoms. The highest BCUT2D eigenvalue weighted by molar-refractivity contribution is 6.24. The van der Waals surface area contributed by atoms with Crippen molar-refractivity contribution in [2.75, 3.05) is 4.90 Å². The Balaban J connectivity index is 1.94. The molecular formula is C18H11FN2O. The van der Waals surface area contributed by atoms with Crippen LogP contribution >= 0.6 is 0 Å². The van der Waals surface area contributed by atoms with E-state index < -0.39 is 0 Å². The molecule has 0 spiro atoms. The van der Waals surface area contributed by atoms with Gasteiger partial charge in [-0.05, 0) is 30.3 Å². The van der Waals surface area contributed by atoms with E-state index in [1.165, 1.54) is 23.1 Å². The van der Waals surface area contributed by atoms with Crippen LogP contribution in [0, 0.1) is 5.82 Å². The monoisotopic (exact) mass is 290 g/mol. The second-order valence-corrected chi connectivity index (χ2v) is 5.13. The summed E-state index contributed by atoms with van der Waals surface area (Å²) < 4.78 is 13.5. The Morgan fingerprint density at radius 1 is 1.05 bits per heavy atom. The maximum Gasteiger partial charge on any atom is 0.263 e. The number of amides is 1. The zero-order chi connectivity index (χ0) is 15.3. The van der Waals surface area contributed by atoms with Crippen LogP contribution in [0.4, 0.5) is 10.1 Å². The smallest absolute Gasteiger partial charge is 0.263 e. The maximum absolute atomic E-state index is 13.5. The molecule has 1 aromatic heterocycles. The van der Waals surface area contributed by atoms with E-state index in [9.17, 15) is 9.18 Å². The van der Waals surface area contributed by atoms with Crippen molar-refractivity contribution >= 4 is 28.2 Å². The first-order valence-corrected chi connectivity index (χ1v) is 6.84. The van der Waals surface area contributed by atoms with E-state index in [0.29, 0.717) is 28.0 Å². The minimum Gasteiger partial charge on any atom is -0.275 e. The van der Waals surface area contributed by atoms with Gasteiger partial charge in [0.1, 0.15) is 5.82 Å². The van der Waals surface area contributed by atoms with Gasteiger partial charge in [-0.3, -0.25) is 14.7 Å². The van der Waals surface area contributed by atoms with Crippen molar-refractivity contribution in [3.8, 4) is 0 Å². The lowest BCUT2D eigenvalue weighted by Crippen LogP contribution is -2.22. The van der Waals surface area contributed by atoms with Gasteiger partial charge in [0.05, 0.1) is 16.9 Å². The third-order valence-corrected chi connectivity index (χ3v) is 3.85. The molecule has 22 heavy (non-hydrogen) atoms. The Hall–Kier alpha value is -3.01. The molecular weight excluding hydrogens is 279 g/mol. The molecule has 3 aromatic rings. The summed E-state index contributed by atoms with van der Waals surface area (Å²) in [5, 5.41) is 0.933. The predicted molar refractivity (Wildman–Crippen MR) is 84.0 cm³/mol. The Morgan fingerprint density at radius 3 is 2.73 bits per heavy atom. The van der Waals surface area contributed by atoms with Crippen molar-refractivity contribution in [1.82, 2.24) is 4.98 Å². The second kappa shape index (κ2) is 4.49. The molecule has 0 fully saturated rings. The fourth-order valence-electron chi connectivity index (χ4n) is 2.83. The summed E-state index contributed by atoms with van der Waals surface area (Å²) in [5.74, 6) is -0.594. The molecule has 1 aliphatic rings. The summed E-state index contributed by atoms with van der Waals surface area (Å²) in [4.78, 5) is 18.5. The zero-order valence-electron chi connectivity index (χ0n) is 11.6. The molecule has 0 unspecified atom stereocenters. The van der Waals surface area contributed by atoms with Crippen LogP contribution < -0.4 is 4.90 Å². The number of carbonyl (C=O) groups excluding carboxylic acids is 1. The van der Waals surface area contributed by atoms with E-state index in [4.69, 9.17) is 0 Å². The topological polar surface area (TPSA) is 33.2 Å². The number of pyridine rings is 1. The van der Waals surface area contributed by atoms with Gasteiger partial charge in [-0.25, -0.2) is 4.39 Å². The summed E-state index contributed by atoms with van der Waals surface area (Å²) >= 11 is 0. The van der Waals surface area contributed by atoms with Gasteiger partial charge in [0.25, 0.3) is 5.91 Å². The maximum atomic E-state index is 13.5. The van der Waals surface area contributed by atoms with Crippen LogP contribution in [0.1, 0.15) is 15.9 Å². The first-order valence-electron chi connectivity index (χ1n) is 6.84. The lowest BCUT2D eigenvalue weighted by molar-refractivity contribution is 0.101. The Bertz CT molecular complexity index is 943. The van der Waals surface area contributed by atoms with Gasteiger partial charge in [-0.15, -0.1) is 0 Å². The Morgan fingerprint density at radius 2 is 1.86 bits per heavy atom. The molecule has 0 saturated heterocycles. The van der Waals surface area contributed by atoms with Gasteiger partial charge in [0.2, 0.25) is 0 Å². The molecule has 106 valence electrons. The van der Waals surface area contributed by atoms with Crippen LogP contribution in [0.25, 0.3) is 16.6 Å². The van der Waals surface area contributed by atoms with E-state index in [2.05, 4.69) is 11.6 Å². The van der Waals surface area contributed by atoms with Gasteiger partial charge >= 0.3 is 0 Å². The van der Waals surface area contributed by atoms with Crippen LogP contribution in [0.2, 0.25) is 0 Å². The van der Waals surface area contributed by atoms with E-state index in [-0.39, 0.29) is 11.7 Å². The molecule has 0 N–H and O–H groups in total. The number of fused-ring (bicyclic) bond motifs is 2. The average molecular weight is 290 g/mol. The number of nitrogens with zero attached hydrogens (tertiary/aromatic N) is 2. The summed E-state index contributed by atoms with van der Waals surface area (Å²) in [7, 11) is 0. The quantitative estimate of drug-likeness (QED) is 0.678. The molecule has 0 radical (unpaired) electrons. The van der Waals surface area contributed by atoms with Gasteiger partial charge in [-0.2, -0.15) is 0 Å². The van der Waals surface area contributed by atoms with Crippen molar-refractivity contribution in [3.63, 3.8) is 0 Å². The molecule has 0 bridgehead atoms. The highest BCUT2D eigenvalue weighted by atomic mass is 19.1. The van der Waals surface area contributed by atoms with Gasteiger partial charge < -0.3 is 0 Å². The molecule has 0 aliphatic carbocycles. The number of hydrogen-bond acceptors (Lipinski definition) is 2. The summed E-state index contributed by atoms with van der Waals surface area (Å²) in [6.07, 6.45) is 1.68. The summed E-state index contributed by atoms with van der Waals surface area (Å²) in [5.41, 5.74) is 2.83. The first-order chi connectivity index (χ1) is 10.7. The second-order valence-electron chi connectivity index (χ2n) is 5.13. The highest BCUT2D eigenvalue weighted by Gasteiger charge is 2.33. The number of anilines is 1. The van der Waals surface area contributed by atoms with Crippen molar-refractivity contribution in [1.29, 1.82) is 0 Å². The number of para-hydroxylation sites is 1. The standard InChI is InChI=1S/C18H11FN2O/c1-11-15-10-13(19)7-8-14(15)18(22)21(11)16-6-2-4-12-5-3-9-20-17(12)16/h2-10H,1H2. The molecule has 4 rings (SSSR count). The number of hydrogen-bond donors (Lipinski definition) is 0. The third-order valence-electron chi connectivity index (χ3n) is 3.85. The normalized spacial score (nSPS) is 13.8. The van der Waals surface area contributed by atoms with Gasteiger partial charge in [-0.1, -0.05) is 24.8 Å². The van der Waals surface area contributed by atoms with Crippen molar-refractivity contribution in [3.05, 3.63) is 78.3 Å². The van der Waals surface area contributed by atoms with Gasteiger partial charge in [0.15, 0.2) is 0 Å². The van der Waals surface area contributed by atoms with Crippen LogP contribution in [-0.4, -0.2) is 10.9 Å².